The van der Waals surface area contributed by atoms with E-state index in [1.165, 1.54) is 11.8 Å². The number of hydrogen-bond donors (Lipinski definition) is 1. The van der Waals surface area contributed by atoms with Crippen LogP contribution in [0.3, 0.4) is 0 Å². The average Bonchev–Trinajstić information content (AvgIpc) is 3.30. The minimum atomic E-state index is -0.574. The van der Waals surface area contributed by atoms with E-state index in [1.54, 1.807) is 4.57 Å². The Morgan fingerprint density at radius 2 is 1.69 bits per heavy atom. The van der Waals surface area contributed by atoms with Gasteiger partial charge in [-0.05, 0) is 43.2 Å². The van der Waals surface area contributed by atoms with Crippen LogP contribution < -0.4 is 10.9 Å². The van der Waals surface area contributed by atoms with E-state index >= 15 is 0 Å². The molecule has 2 aromatic heterocycles. The molecule has 0 bridgehead atoms. The molecule has 1 unspecified atom stereocenters. The second-order valence-corrected chi connectivity index (χ2v) is 9.43. The van der Waals surface area contributed by atoms with Gasteiger partial charge in [0, 0.05) is 12.2 Å². The molecular weight excluding hydrogens is 458 g/mol. The van der Waals surface area contributed by atoms with Crippen LogP contribution in [-0.2, 0) is 11.3 Å². The van der Waals surface area contributed by atoms with Gasteiger partial charge in [0.05, 0.1) is 10.9 Å². The number of para-hydroxylation sites is 1. The molecular formula is C27H25N5O2S. The third-order valence-electron chi connectivity index (χ3n) is 5.81. The number of fused-ring (bicyclic) bond motifs is 3. The van der Waals surface area contributed by atoms with Gasteiger partial charge in [-0.15, -0.1) is 10.2 Å². The van der Waals surface area contributed by atoms with Crippen LogP contribution in [0.1, 0.15) is 29.7 Å². The zero-order valence-corrected chi connectivity index (χ0v) is 20.3. The molecule has 0 fully saturated rings. The van der Waals surface area contributed by atoms with Crippen molar-refractivity contribution in [3.63, 3.8) is 0 Å². The third kappa shape index (κ3) is 4.44. The Morgan fingerprint density at radius 3 is 2.43 bits per heavy atom. The van der Waals surface area contributed by atoms with Crippen LogP contribution in [0, 0.1) is 6.92 Å². The number of carbonyl (C=O) groups is 1. The van der Waals surface area contributed by atoms with Gasteiger partial charge in [0.25, 0.3) is 5.56 Å². The molecule has 1 atom stereocenters. The minimum Gasteiger partial charge on any atom is -0.325 e. The molecule has 5 rings (SSSR count). The Bertz CT molecular complexity index is 1560. The van der Waals surface area contributed by atoms with Crippen LogP contribution >= 0.6 is 11.8 Å². The van der Waals surface area contributed by atoms with Gasteiger partial charge < -0.3 is 5.32 Å². The lowest BCUT2D eigenvalue weighted by atomic mass is 10.1. The van der Waals surface area contributed by atoms with Crippen molar-refractivity contribution in [2.75, 3.05) is 5.32 Å². The Labute approximate surface area is 206 Å². The van der Waals surface area contributed by atoms with E-state index in [0.29, 0.717) is 22.9 Å². The smallest absolute Gasteiger partial charge is 0.262 e. The molecule has 0 radical (unpaired) electrons. The van der Waals surface area contributed by atoms with E-state index in [4.69, 9.17) is 0 Å². The molecule has 7 nitrogen and oxygen atoms in total. The predicted molar refractivity (Wildman–Crippen MR) is 140 cm³/mol. The van der Waals surface area contributed by atoms with Gasteiger partial charge in [0.2, 0.25) is 11.7 Å². The van der Waals surface area contributed by atoms with E-state index in [9.17, 15) is 9.59 Å². The second-order valence-electron chi connectivity index (χ2n) is 8.36. The number of anilines is 1. The molecule has 0 saturated heterocycles. The van der Waals surface area contributed by atoms with E-state index in [0.717, 1.165) is 28.8 Å². The highest BCUT2D eigenvalue weighted by Gasteiger charge is 2.26. The number of aryl methyl sites for hydroxylation is 2. The lowest BCUT2D eigenvalue weighted by molar-refractivity contribution is -0.115. The molecule has 0 saturated carbocycles. The molecule has 0 aliphatic heterocycles. The quantitative estimate of drug-likeness (QED) is 0.321. The average molecular weight is 484 g/mol. The van der Waals surface area contributed by atoms with Gasteiger partial charge in [0.15, 0.2) is 5.16 Å². The molecule has 2 heterocycles. The summed E-state index contributed by atoms with van der Waals surface area (Å²) in [6.07, 6.45) is 0.787. The summed E-state index contributed by atoms with van der Waals surface area (Å²) in [5.74, 6) is 0.316. The molecule has 8 heteroatoms. The van der Waals surface area contributed by atoms with Crippen LogP contribution in [0.15, 0.2) is 88.8 Å². The SMILES string of the molecule is CCCn1c(=O)c2ccccc2n2c(SC(C(=O)Nc3ccc(C)cc3)c3ccccc3)nnc12. The van der Waals surface area contributed by atoms with Crippen molar-refractivity contribution in [3.8, 4) is 0 Å². The molecule has 0 aliphatic rings. The van der Waals surface area contributed by atoms with E-state index < -0.39 is 5.25 Å². The molecule has 1 N–H and O–H groups in total. The first-order valence-corrected chi connectivity index (χ1v) is 12.4. The lowest BCUT2D eigenvalue weighted by Gasteiger charge is -2.17. The highest BCUT2D eigenvalue weighted by Crippen LogP contribution is 2.36. The fourth-order valence-electron chi connectivity index (χ4n) is 4.09. The van der Waals surface area contributed by atoms with Gasteiger partial charge in [0.1, 0.15) is 5.25 Å². The van der Waals surface area contributed by atoms with Gasteiger partial charge in [-0.2, -0.15) is 0 Å². The van der Waals surface area contributed by atoms with Crippen molar-refractivity contribution in [1.29, 1.82) is 0 Å². The number of benzene rings is 3. The van der Waals surface area contributed by atoms with Crippen molar-refractivity contribution in [2.24, 2.45) is 0 Å². The van der Waals surface area contributed by atoms with Crippen molar-refractivity contribution < 1.29 is 4.79 Å². The van der Waals surface area contributed by atoms with Crippen molar-refractivity contribution in [3.05, 3.63) is 100 Å². The summed E-state index contributed by atoms with van der Waals surface area (Å²) in [5, 5.41) is 12.4. The first-order chi connectivity index (χ1) is 17.1. The monoisotopic (exact) mass is 483 g/mol. The molecule has 0 aliphatic carbocycles. The van der Waals surface area contributed by atoms with E-state index in [2.05, 4.69) is 15.5 Å². The lowest BCUT2D eigenvalue weighted by Crippen LogP contribution is -2.23. The standard InChI is InChI=1S/C27H25N5O2S/c1-3-17-31-25(34)21-11-7-8-12-22(21)32-26(31)29-30-27(32)35-23(19-9-5-4-6-10-19)24(33)28-20-15-13-18(2)14-16-20/h4-16,23H,3,17H2,1-2H3,(H,28,33). The first kappa shape index (κ1) is 22.9. The summed E-state index contributed by atoms with van der Waals surface area (Å²) in [6, 6.07) is 24.8. The number of hydrogen-bond acceptors (Lipinski definition) is 5. The fraction of sp³-hybridized carbons (Fsp3) is 0.185. The molecule has 5 aromatic rings. The molecule has 176 valence electrons. The number of nitrogens with one attached hydrogen (secondary N) is 1. The maximum Gasteiger partial charge on any atom is 0.262 e. The molecule has 0 spiro atoms. The summed E-state index contributed by atoms with van der Waals surface area (Å²) in [7, 11) is 0. The topological polar surface area (TPSA) is 81.3 Å². The number of rotatable bonds is 7. The number of nitrogens with zero attached hydrogens (tertiary/aromatic N) is 4. The van der Waals surface area contributed by atoms with Gasteiger partial charge >= 0.3 is 0 Å². The highest BCUT2D eigenvalue weighted by molar-refractivity contribution is 8.00. The third-order valence-corrected chi connectivity index (χ3v) is 7.01. The Morgan fingerprint density at radius 1 is 0.971 bits per heavy atom. The Kier molecular flexibility index (Phi) is 6.37. The summed E-state index contributed by atoms with van der Waals surface area (Å²) in [4.78, 5) is 26.6. The highest BCUT2D eigenvalue weighted by atomic mass is 32.2. The van der Waals surface area contributed by atoms with Crippen molar-refractivity contribution >= 4 is 40.0 Å². The summed E-state index contributed by atoms with van der Waals surface area (Å²) in [6.45, 7) is 4.56. The number of amides is 1. The van der Waals surface area contributed by atoms with Gasteiger partial charge in [-0.3, -0.25) is 18.6 Å². The first-order valence-electron chi connectivity index (χ1n) is 11.5. The van der Waals surface area contributed by atoms with E-state index in [-0.39, 0.29) is 11.5 Å². The maximum atomic E-state index is 13.5. The number of aromatic nitrogens is 4. The van der Waals surface area contributed by atoms with Crippen LogP contribution in [0.2, 0.25) is 0 Å². The van der Waals surface area contributed by atoms with Crippen LogP contribution in [0.4, 0.5) is 5.69 Å². The molecule has 35 heavy (non-hydrogen) atoms. The summed E-state index contributed by atoms with van der Waals surface area (Å²) in [5.41, 5.74) is 3.34. The normalized spacial score (nSPS) is 12.2. The van der Waals surface area contributed by atoms with Crippen LogP contribution in [0.5, 0.6) is 0 Å². The maximum absolute atomic E-state index is 13.5. The van der Waals surface area contributed by atoms with E-state index in [1.807, 2.05) is 97.1 Å². The van der Waals surface area contributed by atoms with Crippen LogP contribution in [-0.4, -0.2) is 25.1 Å². The zero-order chi connectivity index (χ0) is 24.4. The fourth-order valence-corrected chi connectivity index (χ4v) is 5.13. The second kappa shape index (κ2) is 9.76. The largest absolute Gasteiger partial charge is 0.325 e. The van der Waals surface area contributed by atoms with Gasteiger partial charge in [-0.1, -0.05) is 78.8 Å². The van der Waals surface area contributed by atoms with Crippen molar-refractivity contribution in [1.82, 2.24) is 19.2 Å². The Hall–Kier alpha value is -3.91. The van der Waals surface area contributed by atoms with Gasteiger partial charge in [-0.25, -0.2) is 0 Å². The zero-order valence-electron chi connectivity index (χ0n) is 19.5. The summed E-state index contributed by atoms with van der Waals surface area (Å²) >= 11 is 1.32. The minimum absolute atomic E-state index is 0.0874. The number of carbonyl (C=O) groups excluding carboxylic acids is 1. The molecule has 1 amide bonds. The summed E-state index contributed by atoms with van der Waals surface area (Å²) < 4.78 is 3.54. The molecule has 3 aromatic carbocycles. The van der Waals surface area contributed by atoms with Crippen LogP contribution in [0.25, 0.3) is 16.7 Å². The number of thioether (sulfide) groups is 1. The predicted octanol–water partition coefficient (Wildman–Crippen LogP) is 5.23. The Balaban J connectivity index is 1.61. The van der Waals surface area contributed by atoms with Crippen molar-refractivity contribution in [2.45, 2.75) is 37.2 Å².